The van der Waals surface area contributed by atoms with E-state index in [2.05, 4.69) is 23.4 Å². The number of hydrogen-bond acceptors (Lipinski definition) is 4. The van der Waals surface area contributed by atoms with Gasteiger partial charge in [-0.1, -0.05) is 0 Å². The number of anilines is 2. The molecule has 6 heteroatoms. The van der Waals surface area contributed by atoms with E-state index in [4.69, 9.17) is 5.73 Å². The molecule has 1 atom stereocenters. The van der Waals surface area contributed by atoms with E-state index in [0.29, 0.717) is 24.7 Å². The number of rotatable bonds is 7. The van der Waals surface area contributed by atoms with Gasteiger partial charge in [-0.25, -0.2) is 4.39 Å². The molecule has 20 heavy (non-hydrogen) atoms. The second kappa shape index (κ2) is 8.11. The molecule has 0 aliphatic heterocycles. The summed E-state index contributed by atoms with van der Waals surface area (Å²) in [6.07, 6.45) is 2.38. The summed E-state index contributed by atoms with van der Waals surface area (Å²) in [4.78, 5) is 13.9. The van der Waals surface area contributed by atoms with E-state index in [1.54, 1.807) is 11.8 Å². The summed E-state index contributed by atoms with van der Waals surface area (Å²) in [6.45, 7) is 2.75. The van der Waals surface area contributed by atoms with E-state index in [9.17, 15) is 9.18 Å². The van der Waals surface area contributed by atoms with Crippen molar-refractivity contribution >= 4 is 29.0 Å². The summed E-state index contributed by atoms with van der Waals surface area (Å²) in [5.74, 6) is 0.330. The summed E-state index contributed by atoms with van der Waals surface area (Å²) in [6, 6.07) is 4.54. The summed E-state index contributed by atoms with van der Waals surface area (Å²) >= 11 is 1.77. The minimum Gasteiger partial charge on any atom is -0.399 e. The monoisotopic (exact) mass is 299 g/mol. The minimum absolute atomic E-state index is 0.134. The van der Waals surface area contributed by atoms with Crippen LogP contribution in [-0.4, -0.2) is 42.4 Å². The Labute approximate surface area is 123 Å². The SMILES string of the molecule is CSCC(C)N(C)CCC(=O)Nc1cc(N)ccc1F. The van der Waals surface area contributed by atoms with Gasteiger partial charge in [0.25, 0.3) is 0 Å². The Morgan fingerprint density at radius 1 is 1.55 bits per heavy atom. The topological polar surface area (TPSA) is 58.4 Å². The molecule has 0 fully saturated rings. The molecule has 1 aromatic carbocycles. The van der Waals surface area contributed by atoms with Crippen LogP contribution in [0.25, 0.3) is 0 Å². The molecular weight excluding hydrogens is 277 g/mol. The van der Waals surface area contributed by atoms with Crippen LogP contribution in [0.2, 0.25) is 0 Å². The maximum atomic E-state index is 13.5. The van der Waals surface area contributed by atoms with Gasteiger partial charge >= 0.3 is 0 Å². The molecule has 0 radical (unpaired) electrons. The standard InChI is InChI=1S/C14H22FN3OS/c1-10(9-20-3)18(2)7-6-14(19)17-13-8-11(16)4-5-12(13)15/h4-5,8,10H,6-7,9,16H2,1-3H3,(H,17,19). The Morgan fingerprint density at radius 3 is 2.90 bits per heavy atom. The maximum absolute atomic E-state index is 13.5. The third-order valence-electron chi connectivity index (χ3n) is 3.12. The van der Waals surface area contributed by atoms with Crippen molar-refractivity contribution in [2.75, 3.05) is 36.7 Å². The number of carbonyl (C=O) groups excluding carboxylic acids is 1. The lowest BCUT2D eigenvalue weighted by molar-refractivity contribution is -0.116. The van der Waals surface area contributed by atoms with Gasteiger partial charge in [0.05, 0.1) is 5.69 Å². The van der Waals surface area contributed by atoms with E-state index < -0.39 is 5.82 Å². The molecule has 3 N–H and O–H groups in total. The lowest BCUT2D eigenvalue weighted by atomic mass is 10.2. The number of nitrogens with two attached hydrogens (primary N) is 1. The first-order valence-corrected chi connectivity index (χ1v) is 7.87. The molecule has 0 aliphatic rings. The normalized spacial score (nSPS) is 12.4. The zero-order chi connectivity index (χ0) is 15.1. The van der Waals surface area contributed by atoms with Crippen molar-refractivity contribution in [1.82, 2.24) is 4.90 Å². The minimum atomic E-state index is -0.475. The highest BCUT2D eigenvalue weighted by Gasteiger charge is 2.12. The molecular formula is C14H22FN3OS. The van der Waals surface area contributed by atoms with E-state index >= 15 is 0 Å². The Bertz CT molecular complexity index is 456. The van der Waals surface area contributed by atoms with Crippen LogP contribution < -0.4 is 11.1 Å². The number of amides is 1. The van der Waals surface area contributed by atoms with Crippen molar-refractivity contribution in [3.63, 3.8) is 0 Å². The zero-order valence-electron chi connectivity index (χ0n) is 12.1. The number of nitrogens with zero attached hydrogens (tertiary/aromatic N) is 1. The van der Waals surface area contributed by atoms with Gasteiger partial charge in [-0.2, -0.15) is 11.8 Å². The number of benzene rings is 1. The highest BCUT2D eigenvalue weighted by atomic mass is 32.2. The zero-order valence-corrected chi connectivity index (χ0v) is 13.0. The second-order valence-electron chi connectivity index (χ2n) is 4.82. The number of thioether (sulfide) groups is 1. The molecule has 0 aromatic heterocycles. The van der Waals surface area contributed by atoms with Crippen molar-refractivity contribution in [3.05, 3.63) is 24.0 Å². The predicted octanol–water partition coefficient (Wildman–Crippen LogP) is 2.42. The fraction of sp³-hybridized carbons (Fsp3) is 0.500. The molecule has 112 valence electrons. The van der Waals surface area contributed by atoms with Crippen LogP contribution >= 0.6 is 11.8 Å². The van der Waals surface area contributed by atoms with E-state index in [1.807, 2.05) is 7.05 Å². The fourth-order valence-corrected chi connectivity index (χ4v) is 2.45. The van der Waals surface area contributed by atoms with Gasteiger partial charge in [0.2, 0.25) is 5.91 Å². The molecule has 4 nitrogen and oxygen atoms in total. The van der Waals surface area contributed by atoms with Crippen LogP contribution in [0.4, 0.5) is 15.8 Å². The molecule has 0 saturated heterocycles. The summed E-state index contributed by atoms with van der Waals surface area (Å²) < 4.78 is 13.5. The van der Waals surface area contributed by atoms with Crippen molar-refractivity contribution < 1.29 is 9.18 Å². The summed E-state index contributed by atoms with van der Waals surface area (Å²) in [5, 5.41) is 2.55. The number of carbonyl (C=O) groups is 1. The lowest BCUT2D eigenvalue weighted by Gasteiger charge is -2.23. The lowest BCUT2D eigenvalue weighted by Crippen LogP contribution is -2.33. The van der Waals surface area contributed by atoms with Gasteiger partial charge in [0.15, 0.2) is 0 Å². The molecule has 0 saturated carbocycles. The number of nitrogens with one attached hydrogen (secondary N) is 1. The van der Waals surface area contributed by atoms with E-state index in [0.717, 1.165) is 5.75 Å². The molecule has 0 spiro atoms. The van der Waals surface area contributed by atoms with Crippen LogP contribution in [-0.2, 0) is 4.79 Å². The molecule has 1 rings (SSSR count). The van der Waals surface area contributed by atoms with Crippen LogP contribution in [0.5, 0.6) is 0 Å². The number of halogens is 1. The van der Waals surface area contributed by atoms with Gasteiger partial charge in [0, 0.05) is 30.4 Å². The maximum Gasteiger partial charge on any atom is 0.225 e. The van der Waals surface area contributed by atoms with Crippen molar-refractivity contribution in [1.29, 1.82) is 0 Å². The first-order chi connectivity index (χ1) is 9.43. The average molecular weight is 299 g/mol. The van der Waals surface area contributed by atoms with Crippen molar-refractivity contribution in [2.24, 2.45) is 0 Å². The van der Waals surface area contributed by atoms with E-state index in [-0.39, 0.29) is 11.6 Å². The number of hydrogen-bond donors (Lipinski definition) is 2. The Balaban J connectivity index is 2.46. The predicted molar refractivity (Wildman–Crippen MR) is 84.5 cm³/mol. The molecule has 0 aliphatic carbocycles. The van der Waals surface area contributed by atoms with Crippen LogP contribution in [0.15, 0.2) is 18.2 Å². The molecule has 0 heterocycles. The van der Waals surface area contributed by atoms with E-state index in [1.165, 1.54) is 18.2 Å². The Kier molecular flexibility index (Phi) is 6.81. The van der Waals surface area contributed by atoms with Gasteiger partial charge in [0.1, 0.15) is 5.82 Å². The molecule has 1 aromatic rings. The molecule has 1 unspecified atom stereocenters. The quantitative estimate of drug-likeness (QED) is 0.759. The van der Waals surface area contributed by atoms with Gasteiger partial charge in [-0.3, -0.25) is 4.79 Å². The largest absolute Gasteiger partial charge is 0.399 e. The third-order valence-corrected chi connectivity index (χ3v) is 3.93. The Morgan fingerprint density at radius 2 is 2.25 bits per heavy atom. The molecule has 1 amide bonds. The average Bonchev–Trinajstić information content (AvgIpc) is 2.40. The highest BCUT2D eigenvalue weighted by molar-refractivity contribution is 7.98. The van der Waals surface area contributed by atoms with Gasteiger partial charge in [-0.05, 0) is 38.4 Å². The fourth-order valence-electron chi connectivity index (χ4n) is 1.72. The third kappa shape index (κ3) is 5.38. The second-order valence-corrected chi connectivity index (χ2v) is 5.73. The first-order valence-electron chi connectivity index (χ1n) is 6.48. The van der Waals surface area contributed by atoms with Crippen LogP contribution in [0, 0.1) is 5.82 Å². The smallest absolute Gasteiger partial charge is 0.225 e. The Hall–Kier alpha value is -1.27. The van der Waals surface area contributed by atoms with Crippen LogP contribution in [0.1, 0.15) is 13.3 Å². The number of nitrogen functional groups attached to an aromatic ring is 1. The highest BCUT2D eigenvalue weighted by Crippen LogP contribution is 2.17. The van der Waals surface area contributed by atoms with Crippen LogP contribution in [0.3, 0.4) is 0 Å². The molecule has 0 bridgehead atoms. The first kappa shape index (κ1) is 16.8. The van der Waals surface area contributed by atoms with Crippen molar-refractivity contribution in [3.8, 4) is 0 Å². The van der Waals surface area contributed by atoms with Gasteiger partial charge < -0.3 is 16.0 Å². The van der Waals surface area contributed by atoms with Crippen molar-refractivity contribution in [2.45, 2.75) is 19.4 Å². The summed E-state index contributed by atoms with van der Waals surface area (Å²) in [7, 11) is 1.98. The summed E-state index contributed by atoms with van der Waals surface area (Å²) in [5.41, 5.74) is 6.13. The van der Waals surface area contributed by atoms with Gasteiger partial charge in [-0.15, -0.1) is 0 Å².